The van der Waals surface area contributed by atoms with Crippen molar-refractivity contribution < 1.29 is 0 Å². The van der Waals surface area contributed by atoms with Crippen molar-refractivity contribution in [2.75, 3.05) is 0 Å². The van der Waals surface area contributed by atoms with Crippen LogP contribution in [-0.2, 0) is 6.54 Å². The number of aromatic nitrogens is 4. The molecule has 0 bridgehead atoms. The van der Waals surface area contributed by atoms with E-state index in [0.29, 0.717) is 26.0 Å². The van der Waals surface area contributed by atoms with E-state index in [9.17, 15) is 0 Å². The van der Waals surface area contributed by atoms with Crippen LogP contribution in [-0.4, -0.2) is 20.2 Å². The molecular weight excluding hydrogens is 317 g/mol. The number of benzene rings is 1. The molecule has 0 radical (unpaired) electrons. The van der Waals surface area contributed by atoms with Gasteiger partial charge < -0.3 is 5.73 Å². The lowest BCUT2D eigenvalue weighted by Crippen LogP contribution is -2.08. The molecule has 0 aliphatic carbocycles. The van der Waals surface area contributed by atoms with E-state index >= 15 is 0 Å². The largest absolute Gasteiger partial charge is 0.324 e. The van der Waals surface area contributed by atoms with E-state index in [1.807, 2.05) is 0 Å². The summed E-state index contributed by atoms with van der Waals surface area (Å²) in [6, 6.07) is 3.53. The van der Waals surface area contributed by atoms with Crippen molar-refractivity contribution in [1.29, 1.82) is 0 Å². The van der Waals surface area contributed by atoms with E-state index in [4.69, 9.17) is 28.9 Å². The van der Waals surface area contributed by atoms with Crippen molar-refractivity contribution >= 4 is 39.1 Å². The SMILES string of the molecule is NCc1nnnn1-c1ccc(Br)c(Cl)c1Cl. The molecule has 0 aliphatic rings. The number of rotatable bonds is 2. The minimum absolute atomic E-state index is 0.219. The highest BCUT2D eigenvalue weighted by atomic mass is 79.9. The lowest BCUT2D eigenvalue weighted by atomic mass is 10.3. The molecule has 1 heterocycles. The first-order valence-corrected chi connectivity index (χ1v) is 5.81. The number of hydrogen-bond donors (Lipinski definition) is 1. The van der Waals surface area contributed by atoms with Crippen LogP contribution in [0.25, 0.3) is 5.69 Å². The first-order valence-electron chi connectivity index (χ1n) is 4.26. The van der Waals surface area contributed by atoms with Crippen molar-refractivity contribution in [3.63, 3.8) is 0 Å². The summed E-state index contributed by atoms with van der Waals surface area (Å²) < 4.78 is 2.17. The molecule has 0 unspecified atom stereocenters. The third-order valence-electron chi connectivity index (χ3n) is 1.96. The van der Waals surface area contributed by atoms with Crippen molar-refractivity contribution in [3.8, 4) is 5.69 Å². The Balaban J connectivity index is 2.61. The molecule has 0 saturated carbocycles. The van der Waals surface area contributed by atoms with Crippen LogP contribution in [0.2, 0.25) is 10.0 Å². The van der Waals surface area contributed by atoms with Gasteiger partial charge >= 0.3 is 0 Å². The van der Waals surface area contributed by atoms with Gasteiger partial charge in [-0.05, 0) is 38.5 Å². The summed E-state index contributed by atoms with van der Waals surface area (Å²) >= 11 is 15.4. The van der Waals surface area contributed by atoms with Crippen LogP contribution in [0.3, 0.4) is 0 Å². The van der Waals surface area contributed by atoms with Crippen LogP contribution in [0, 0.1) is 0 Å². The van der Waals surface area contributed by atoms with Crippen LogP contribution in [0.1, 0.15) is 5.82 Å². The Kier molecular flexibility index (Phi) is 3.44. The quantitative estimate of drug-likeness (QED) is 0.860. The lowest BCUT2D eigenvalue weighted by molar-refractivity contribution is 0.761. The van der Waals surface area contributed by atoms with Gasteiger partial charge in [-0.1, -0.05) is 23.2 Å². The molecule has 0 fully saturated rings. The molecule has 0 spiro atoms. The monoisotopic (exact) mass is 321 g/mol. The van der Waals surface area contributed by atoms with Gasteiger partial charge in [-0.2, -0.15) is 4.68 Å². The Morgan fingerprint density at radius 3 is 2.75 bits per heavy atom. The van der Waals surface area contributed by atoms with Gasteiger partial charge in [0.15, 0.2) is 5.82 Å². The van der Waals surface area contributed by atoms with Gasteiger partial charge in [0.1, 0.15) is 0 Å². The summed E-state index contributed by atoms with van der Waals surface area (Å²) in [6.07, 6.45) is 0. The van der Waals surface area contributed by atoms with Gasteiger partial charge in [0, 0.05) is 4.47 Å². The summed E-state index contributed by atoms with van der Waals surface area (Å²) in [4.78, 5) is 0. The molecule has 0 saturated heterocycles. The third-order valence-corrected chi connectivity index (χ3v) is 3.72. The van der Waals surface area contributed by atoms with Crippen LogP contribution in [0.4, 0.5) is 0 Å². The van der Waals surface area contributed by atoms with Gasteiger partial charge in [-0.25, -0.2) is 0 Å². The number of halogens is 3. The Hall–Kier alpha value is -0.690. The van der Waals surface area contributed by atoms with E-state index in [1.165, 1.54) is 4.68 Å². The normalized spacial score (nSPS) is 10.8. The molecule has 2 aromatic rings. The first kappa shape index (κ1) is 11.8. The van der Waals surface area contributed by atoms with Crippen LogP contribution in [0.15, 0.2) is 16.6 Å². The summed E-state index contributed by atoms with van der Waals surface area (Å²) in [5.41, 5.74) is 6.10. The molecule has 16 heavy (non-hydrogen) atoms. The first-order chi connectivity index (χ1) is 7.65. The Labute approximate surface area is 110 Å². The van der Waals surface area contributed by atoms with Gasteiger partial charge in [0.2, 0.25) is 0 Å². The number of hydrogen-bond acceptors (Lipinski definition) is 4. The molecule has 84 valence electrons. The standard InChI is InChI=1S/C8H6BrCl2N5/c9-4-1-2-5(8(11)7(4)10)16-6(3-12)13-14-15-16/h1-2H,3,12H2. The highest BCUT2D eigenvalue weighted by molar-refractivity contribution is 9.10. The molecule has 1 aromatic carbocycles. The fourth-order valence-corrected chi connectivity index (χ4v) is 2.05. The van der Waals surface area contributed by atoms with Gasteiger partial charge in [0.25, 0.3) is 0 Å². The summed E-state index contributed by atoms with van der Waals surface area (Å²) in [5, 5.41) is 11.9. The second kappa shape index (κ2) is 4.67. The lowest BCUT2D eigenvalue weighted by Gasteiger charge is -2.07. The maximum absolute atomic E-state index is 6.10. The zero-order valence-corrected chi connectivity index (χ0v) is 11.0. The van der Waals surface area contributed by atoms with Gasteiger partial charge in [-0.3, -0.25) is 0 Å². The minimum atomic E-state index is 0.219. The molecule has 0 amide bonds. The number of nitrogens with zero attached hydrogens (tertiary/aromatic N) is 4. The van der Waals surface area contributed by atoms with Crippen molar-refractivity contribution in [1.82, 2.24) is 20.2 Å². The summed E-state index contributed by atoms with van der Waals surface area (Å²) in [5.74, 6) is 0.514. The van der Waals surface area contributed by atoms with Crippen LogP contribution >= 0.6 is 39.1 Å². The molecule has 0 aliphatic heterocycles. The average Bonchev–Trinajstić information content (AvgIpc) is 2.74. The molecule has 1 aromatic heterocycles. The predicted molar refractivity (Wildman–Crippen MR) is 64.8 cm³/mol. The molecule has 5 nitrogen and oxygen atoms in total. The molecule has 0 atom stereocenters. The molecule has 2 rings (SSSR count). The van der Waals surface area contributed by atoms with Gasteiger partial charge in [0.05, 0.1) is 22.3 Å². The van der Waals surface area contributed by atoms with Crippen molar-refractivity contribution in [2.45, 2.75) is 6.54 Å². The van der Waals surface area contributed by atoms with Crippen molar-refractivity contribution in [2.24, 2.45) is 5.73 Å². The second-order valence-electron chi connectivity index (χ2n) is 2.91. The molecular formula is C8H6BrCl2N5. The fraction of sp³-hybridized carbons (Fsp3) is 0.125. The van der Waals surface area contributed by atoms with Crippen LogP contribution < -0.4 is 5.73 Å². The van der Waals surface area contributed by atoms with E-state index in [-0.39, 0.29) is 6.54 Å². The molecule has 8 heteroatoms. The smallest absolute Gasteiger partial charge is 0.170 e. The van der Waals surface area contributed by atoms with Gasteiger partial charge in [-0.15, -0.1) is 5.10 Å². The fourth-order valence-electron chi connectivity index (χ4n) is 1.20. The van der Waals surface area contributed by atoms with E-state index < -0.39 is 0 Å². The zero-order valence-electron chi connectivity index (χ0n) is 7.86. The minimum Gasteiger partial charge on any atom is -0.324 e. The Morgan fingerprint density at radius 2 is 2.06 bits per heavy atom. The van der Waals surface area contributed by atoms with Crippen LogP contribution in [0.5, 0.6) is 0 Å². The highest BCUT2D eigenvalue weighted by Crippen LogP contribution is 2.34. The third kappa shape index (κ3) is 1.93. The van der Waals surface area contributed by atoms with Crippen molar-refractivity contribution in [3.05, 3.63) is 32.5 Å². The zero-order chi connectivity index (χ0) is 11.7. The van der Waals surface area contributed by atoms with E-state index in [1.54, 1.807) is 12.1 Å². The Morgan fingerprint density at radius 1 is 1.31 bits per heavy atom. The Bertz CT molecular complexity index is 527. The molecule has 2 N–H and O–H groups in total. The second-order valence-corrected chi connectivity index (χ2v) is 4.52. The maximum atomic E-state index is 6.10. The summed E-state index contributed by atoms with van der Waals surface area (Å²) in [6.45, 7) is 0.219. The topological polar surface area (TPSA) is 69.6 Å². The average molecular weight is 323 g/mol. The maximum Gasteiger partial charge on any atom is 0.170 e. The number of tetrazole rings is 1. The number of nitrogens with two attached hydrogens (primary N) is 1. The van der Waals surface area contributed by atoms with E-state index in [2.05, 4.69) is 31.5 Å². The highest BCUT2D eigenvalue weighted by Gasteiger charge is 2.14. The predicted octanol–water partition coefficient (Wildman–Crippen LogP) is 2.19. The summed E-state index contributed by atoms with van der Waals surface area (Å²) in [7, 11) is 0. The van der Waals surface area contributed by atoms with E-state index in [0.717, 1.165) is 0 Å².